The maximum absolute atomic E-state index is 12.6. The molecule has 188 valence electrons. The van der Waals surface area contributed by atoms with Crippen molar-refractivity contribution in [3.05, 3.63) is 96.1 Å². The number of hydrogen-bond acceptors (Lipinski definition) is 7. The van der Waals surface area contributed by atoms with E-state index in [2.05, 4.69) is 78.9 Å². The van der Waals surface area contributed by atoms with Crippen molar-refractivity contribution in [2.24, 2.45) is 0 Å². The minimum atomic E-state index is -0.148. The number of nitrogens with zero attached hydrogens (tertiary/aromatic N) is 4. The second-order valence-corrected chi connectivity index (χ2v) is 10.4. The summed E-state index contributed by atoms with van der Waals surface area (Å²) in [7, 11) is 0. The van der Waals surface area contributed by atoms with Crippen molar-refractivity contribution in [2.45, 2.75) is 23.9 Å². The molecular weight excluding hydrogens is 468 g/mol. The van der Waals surface area contributed by atoms with E-state index in [1.165, 1.54) is 5.56 Å². The van der Waals surface area contributed by atoms with E-state index >= 15 is 0 Å². The Hall–Kier alpha value is -2.78. The molecule has 1 amide bonds. The van der Waals surface area contributed by atoms with Crippen LogP contribution >= 0.6 is 11.8 Å². The molecule has 8 heteroatoms. The molecule has 4 heterocycles. The molecule has 0 saturated carbocycles. The van der Waals surface area contributed by atoms with E-state index in [1.54, 1.807) is 18.0 Å². The van der Waals surface area contributed by atoms with E-state index in [9.17, 15) is 4.79 Å². The average Bonchev–Trinajstić information content (AvgIpc) is 3.44. The van der Waals surface area contributed by atoms with Crippen LogP contribution in [0, 0.1) is 0 Å². The van der Waals surface area contributed by atoms with E-state index in [-0.39, 0.29) is 23.4 Å². The Morgan fingerprint density at radius 1 is 1.03 bits per heavy atom. The van der Waals surface area contributed by atoms with Crippen molar-refractivity contribution in [1.82, 2.24) is 30.4 Å². The fraction of sp³-hybridized carbons (Fsp3) is 0.393. The van der Waals surface area contributed by atoms with Crippen LogP contribution in [0.5, 0.6) is 0 Å². The lowest BCUT2D eigenvalue weighted by molar-refractivity contribution is -0.122. The number of carbonyl (C=O) groups excluding carboxylic acids is 1. The van der Waals surface area contributed by atoms with Crippen LogP contribution in [-0.4, -0.2) is 76.7 Å². The van der Waals surface area contributed by atoms with Crippen LogP contribution in [0.15, 0.2) is 79.3 Å². The summed E-state index contributed by atoms with van der Waals surface area (Å²) in [6, 6.07) is 20.9. The number of carbonyl (C=O) groups is 1. The molecule has 36 heavy (non-hydrogen) atoms. The number of rotatable bonds is 9. The predicted octanol–water partition coefficient (Wildman–Crippen LogP) is 3.09. The molecule has 7 nitrogen and oxygen atoms in total. The Kier molecular flexibility index (Phi) is 8.61. The molecule has 0 bridgehead atoms. The summed E-state index contributed by atoms with van der Waals surface area (Å²) in [4.78, 5) is 26.5. The average molecular weight is 503 g/mol. The van der Waals surface area contributed by atoms with Gasteiger partial charge in [0, 0.05) is 57.1 Å². The van der Waals surface area contributed by atoms with Gasteiger partial charge in [-0.3, -0.25) is 25.0 Å². The van der Waals surface area contributed by atoms with E-state index in [1.807, 2.05) is 24.5 Å². The number of thioether (sulfide) groups is 1. The first-order valence-electron chi connectivity index (χ1n) is 12.8. The number of benzene rings is 1. The van der Waals surface area contributed by atoms with Crippen LogP contribution in [0.4, 0.5) is 0 Å². The zero-order chi connectivity index (χ0) is 24.6. The minimum absolute atomic E-state index is 0.0970. The van der Waals surface area contributed by atoms with Crippen LogP contribution in [0.3, 0.4) is 0 Å². The Labute approximate surface area is 217 Å². The van der Waals surface area contributed by atoms with Gasteiger partial charge < -0.3 is 10.2 Å². The van der Waals surface area contributed by atoms with Gasteiger partial charge in [-0.1, -0.05) is 42.5 Å². The van der Waals surface area contributed by atoms with E-state index in [0.29, 0.717) is 6.54 Å². The summed E-state index contributed by atoms with van der Waals surface area (Å²) in [5.41, 5.74) is 3.51. The molecule has 2 aliphatic rings. The maximum atomic E-state index is 12.6. The lowest BCUT2D eigenvalue weighted by Gasteiger charge is -2.39. The highest BCUT2D eigenvalue weighted by Crippen LogP contribution is 2.32. The monoisotopic (exact) mass is 502 g/mol. The first kappa shape index (κ1) is 24.9. The second kappa shape index (κ2) is 12.5. The second-order valence-electron chi connectivity index (χ2n) is 9.31. The van der Waals surface area contributed by atoms with Gasteiger partial charge in [-0.05, 0) is 42.3 Å². The summed E-state index contributed by atoms with van der Waals surface area (Å²) < 4.78 is 0. The molecule has 1 aromatic carbocycles. The van der Waals surface area contributed by atoms with Crippen LogP contribution in [0.2, 0.25) is 0 Å². The van der Waals surface area contributed by atoms with Crippen LogP contribution < -0.4 is 10.6 Å². The molecule has 5 rings (SSSR count). The summed E-state index contributed by atoms with van der Waals surface area (Å²) in [6.07, 6.45) is 6.48. The van der Waals surface area contributed by atoms with Gasteiger partial charge in [-0.2, -0.15) is 0 Å². The molecule has 2 unspecified atom stereocenters. The predicted molar refractivity (Wildman–Crippen MR) is 145 cm³/mol. The Morgan fingerprint density at radius 2 is 1.86 bits per heavy atom. The summed E-state index contributed by atoms with van der Waals surface area (Å²) >= 11 is 1.76. The lowest BCUT2D eigenvalue weighted by Crippen LogP contribution is -2.48. The molecule has 2 fully saturated rings. The summed E-state index contributed by atoms with van der Waals surface area (Å²) in [6.45, 7) is 5.76. The number of amides is 1. The van der Waals surface area contributed by atoms with Crippen molar-refractivity contribution in [3.63, 3.8) is 0 Å². The third kappa shape index (κ3) is 6.31. The van der Waals surface area contributed by atoms with Crippen molar-refractivity contribution < 1.29 is 4.79 Å². The molecule has 0 spiro atoms. The third-order valence-electron chi connectivity index (χ3n) is 6.89. The summed E-state index contributed by atoms with van der Waals surface area (Å²) in [5, 5.41) is 6.70. The van der Waals surface area contributed by atoms with Crippen molar-refractivity contribution >= 4 is 17.7 Å². The van der Waals surface area contributed by atoms with E-state index in [4.69, 9.17) is 0 Å². The van der Waals surface area contributed by atoms with Gasteiger partial charge in [0.2, 0.25) is 5.91 Å². The Balaban J connectivity index is 1.05. The van der Waals surface area contributed by atoms with Gasteiger partial charge >= 0.3 is 0 Å². The molecule has 3 atom stereocenters. The van der Waals surface area contributed by atoms with Gasteiger partial charge in [0.05, 0.1) is 23.2 Å². The number of hydrogen-bond donors (Lipinski definition) is 2. The lowest BCUT2D eigenvalue weighted by atomic mass is 10.0. The quantitative estimate of drug-likeness (QED) is 0.436. The van der Waals surface area contributed by atoms with Crippen LogP contribution in [-0.2, 0) is 4.79 Å². The number of pyridine rings is 2. The Morgan fingerprint density at radius 3 is 2.61 bits per heavy atom. The van der Waals surface area contributed by atoms with Gasteiger partial charge in [0.25, 0.3) is 0 Å². The maximum Gasteiger partial charge on any atom is 0.238 e. The number of aromatic nitrogens is 2. The topological polar surface area (TPSA) is 73.4 Å². The molecular formula is C28H34N6OS. The number of nitrogens with one attached hydrogen (secondary N) is 2. The largest absolute Gasteiger partial charge is 0.355 e. The molecule has 0 aliphatic carbocycles. The normalized spacial score (nSPS) is 21.8. The van der Waals surface area contributed by atoms with Crippen molar-refractivity contribution in [1.29, 1.82) is 0 Å². The van der Waals surface area contributed by atoms with Gasteiger partial charge in [-0.15, -0.1) is 11.8 Å². The molecule has 3 aromatic rings. The van der Waals surface area contributed by atoms with E-state index in [0.717, 1.165) is 56.2 Å². The molecule has 2 saturated heterocycles. The summed E-state index contributed by atoms with van der Waals surface area (Å²) in [5.74, 6) is 0.881. The highest BCUT2D eigenvalue weighted by molar-refractivity contribution is 7.99. The molecule has 2 N–H and O–H groups in total. The van der Waals surface area contributed by atoms with Crippen LogP contribution in [0.25, 0.3) is 0 Å². The Bertz CT molecular complexity index is 1040. The fourth-order valence-corrected chi connectivity index (χ4v) is 6.20. The van der Waals surface area contributed by atoms with Gasteiger partial charge in [0.15, 0.2) is 0 Å². The zero-order valence-corrected chi connectivity index (χ0v) is 21.3. The SMILES string of the molecule is O=C(NCCCN1CCN(C(c2ccccc2)c2ccccn2)CC1)[C@@H]1CSC(c2cccnc2)N1. The fourth-order valence-electron chi connectivity index (χ4n) is 4.97. The third-order valence-corrected chi connectivity index (χ3v) is 8.16. The van der Waals surface area contributed by atoms with Crippen molar-refractivity contribution in [2.75, 3.05) is 45.0 Å². The smallest absolute Gasteiger partial charge is 0.238 e. The molecule has 0 radical (unpaired) electrons. The molecule has 2 aromatic heterocycles. The number of piperazine rings is 1. The highest BCUT2D eigenvalue weighted by atomic mass is 32.2. The molecule has 2 aliphatic heterocycles. The van der Waals surface area contributed by atoms with Crippen molar-refractivity contribution in [3.8, 4) is 0 Å². The minimum Gasteiger partial charge on any atom is -0.355 e. The highest BCUT2D eigenvalue weighted by Gasteiger charge is 2.30. The van der Waals surface area contributed by atoms with E-state index < -0.39 is 0 Å². The van der Waals surface area contributed by atoms with Gasteiger partial charge in [-0.25, -0.2) is 0 Å². The van der Waals surface area contributed by atoms with Gasteiger partial charge in [0.1, 0.15) is 0 Å². The standard InChI is InChI=1S/C28H34N6OS/c35-27(25-21-36-28(32-25)23-10-6-12-29-20-23)31-14-7-15-33-16-18-34(19-17-33)26(22-8-2-1-3-9-22)24-11-4-5-13-30-24/h1-6,8-13,20,25-26,28,32H,7,14-19,21H2,(H,31,35)/t25-,26?,28?/m0/s1. The zero-order valence-electron chi connectivity index (χ0n) is 20.5. The van der Waals surface area contributed by atoms with Crippen LogP contribution in [0.1, 0.15) is 34.7 Å². The first-order chi connectivity index (χ1) is 17.8. The first-order valence-corrected chi connectivity index (χ1v) is 13.8.